The quantitative estimate of drug-likeness (QED) is 0.429. The Kier molecular flexibility index (Phi) is 7.99. The summed E-state index contributed by atoms with van der Waals surface area (Å²) in [4.78, 5) is 40.9. The number of methoxy groups -OCH3 is 2. The molecule has 1 aromatic carbocycles. The molecule has 2 aliphatic heterocycles. The molecule has 0 bridgehead atoms. The Labute approximate surface area is 218 Å². The fraction of sp³-hybridized carbons (Fsp3) is 0.667. The van der Waals surface area contributed by atoms with Crippen LogP contribution in [-0.2, 0) is 18.9 Å². The van der Waals surface area contributed by atoms with Crippen LogP contribution in [0.1, 0.15) is 67.2 Å². The maximum Gasteiger partial charge on any atom is 0.410 e. The first-order chi connectivity index (χ1) is 17.5. The third-order valence-corrected chi connectivity index (χ3v) is 7.30. The van der Waals surface area contributed by atoms with E-state index in [2.05, 4.69) is 4.90 Å². The second-order valence-corrected chi connectivity index (χ2v) is 11.0. The van der Waals surface area contributed by atoms with E-state index in [0.29, 0.717) is 31.5 Å². The molecule has 2 heterocycles. The van der Waals surface area contributed by atoms with Gasteiger partial charge in [0.15, 0.2) is 0 Å². The van der Waals surface area contributed by atoms with Gasteiger partial charge in [-0.25, -0.2) is 14.4 Å². The van der Waals surface area contributed by atoms with Gasteiger partial charge in [-0.3, -0.25) is 4.90 Å². The summed E-state index contributed by atoms with van der Waals surface area (Å²) in [5.74, 6) is -0.702. The molecule has 37 heavy (non-hydrogen) atoms. The molecule has 10 nitrogen and oxygen atoms in total. The maximum atomic E-state index is 12.4. The normalized spacial score (nSPS) is 23.6. The molecule has 3 aliphatic rings. The van der Waals surface area contributed by atoms with Crippen LogP contribution in [0, 0.1) is 0 Å². The molecule has 0 aromatic heterocycles. The van der Waals surface area contributed by atoms with Crippen molar-refractivity contribution in [1.29, 1.82) is 0 Å². The maximum absolute atomic E-state index is 12.4. The van der Waals surface area contributed by atoms with Crippen molar-refractivity contribution in [2.45, 2.75) is 69.8 Å². The summed E-state index contributed by atoms with van der Waals surface area (Å²) in [6.07, 6.45) is 3.08. The Hall–Kier alpha value is -2.85. The molecular formula is C27H38N2O8. The lowest BCUT2D eigenvalue weighted by atomic mass is 9.84. The molecule has 0 N–H and O–H groups in total. The summed E-state index contributed by atoms with van der Waals surface area (Å²) in [5, 5.41) is 0. The molecule has 0 atom stereocenters. The molecule has 0 unspecified atom stereocenters. The molecule has 1 amide bonds. The van der Waals surface area contributed by atoms with E-state index in [4.69, 9.17) is 23.7 Å². The highest BCUT2D eigenvalue weighted by atomic mass is 16.6. The van der Waals surface area contributed by atoms with Crippen molar-refractivity contribution in [1.82, 2.24) is 9.80 Å². The van der Waals surface area contributed by atoms with Gasteiger partial charge in [0.25, 0.3) is 0 Å². The highest BCUT2D eigenvalue weighted by Crippen LogP contribution is 2.36. The number of hydrogen-bond acceptors (Lipinski definition) is 9. The average Bonchev–Trinajstić information content (AvgIpc) is 2.84. The largest absolute Gasteiger partial charge is 0.490 e. The van der Waals surface area contributed by atoms with Crippen LogP contribution < -0.4 is 4.74 Å². The van der Waals surface area contributed by atoms with Gasteiger partial charge in [-0.15, -0.1) is 0 Å². The zero-order valence-corrected chi connectivity index (χ0v) is 22.4. The van der Waals surface area contributed by atoms with E-state index < -0.39 is 17.5 Å². The van der Waals surface area contributed by atoms with Crippen LogP contribution in [0.2, 0.25) is 0 Å². The van der Waals surface area contributed by atoms with Crippen LogP contribution in [0.15, 0.2) is 18.2 Å². The zero-order chi connectivity index (χ0) is 26.8. The second-order valence-electron chi connectivity index (χ2n) is 11.0. The van der Waals surface area contributed by atoms with Crippen LogP contribution in [0.3, 0.4) is 0 Å². The van der Waals surface area contributed by atoms with Crippen molar-refractivity contribution >= 4 is 18.0 Å². The fourth-order valence-electron chi connectivity index (χ4n) is 5.20. The Morgan fingerprint density at radius 3 is 2.24 bits per heavy atom. The minimum Gasteiger partial charge on any atom is -0.490 e. The van der Waals surface area contributed by atoms with Gasteiger partial charge < -0.3 is 28.6 Å². The van der Waals surface area contributed by atoms with Crippen molar-refractivity contribution in [2.75, 3.05) is 47.0 Å². The molecule has 3 fully saturated rings. The predicted molar refractivity (Wildman–Crippen MR) is 134 cm³/mol. The highest BCUT2D eigenvalue weighted by Gasteiger charge is 2.45. The summed E-state index contributed by atoms with van der Waals surface area (Å²) >= 11 is 0. The number of likely N-dealkylation sites (tertiary alicyclic amines) is 1. The van der Waals surface area contributed by atoms with Gasteiger partial charge in [-0.2, -0.15) is 0 Å². The van der Waals surface area contributed by atoms with Crippen molar-refractivity contribution in [3.63, 3.8) is 0 Å². The van der Waals surface area contributed by atoms with Crippen LogP contribution in [0.25, 0.3) is 0 Å². The number of carbonyl (C=O) groups is 3. The molecule has 0 radical (unpaired) electrons. The number of carbonyl (C=O) groups excluding carboxylic acids is 3. The van der Waals surface area contributed by atoms with Gasteiger partial charge in [-0.1, -0.05) is 0 Å². The monoisotopic (exact) mass is 518 g/mol. The van der Waals surface area contributed by atoms with Crippen LogP contribution in [0.4, 0.5) is 4.79 Å². The summed E-state index contributed by atoms with van der Waals surface area (Å²) in [5.41, 5.74) is -0.473. The lowest BCUT2D eigenvalue weighted by molar-refractivity contribution is -0.154. The van der Waals surface area contributed by atoms with E-state index in [-0.39, 0.29) is 28.9 Å². The Bertz CT molecular complexity index is 1010. The third kappa shape index (κ3) is 6.35. The highest BCUT2D eigenvalue weighted by molar-refractivity contribution is 6.03. The minimum absolute atomic E-state index is 0.0206. The van der Waals surface area contributed by atoms with E-state index in [1.807, 2.05) is 20.8 Å². The van der Waals surface area contributed by atoms with E-state index >= 15 is 0 Å². The topological polar surface area (TPSA) is 104 Å². The standard InChI is InChI=1S/C27H38N2O8/c1-26(2,3)37-25(32)28-10-8-27(9-11-28)17-29(12-13-35-27)18-14-20(15-18)36-19-6-7-21(23(30)33-4)22(16-19)24(31)34-5/h6-7,16,18,20H,8-15,17H2,1-5H3/t18-,20-. The first kappa shape index (κ1) is 27.2. The number of nitrogens with zero attached hydrogens (tertiary/aromatic N) is 2. The molecular weight excluding hydrogens is 480 g/mol. The minimum atomic E-state index is -0.617. The van der Waals surface area contributed by atoms with Gasteiger partial charge in [0.1, 0.15) is 17.5 Å². The number of ether oxygens (including phenoxy) is 5. The van der Waals surface area contributed by atoms with Crippen molar-refractivity contribution < 1.29 is 38.1 Å². The van der Waals surface area contributed by atoms with E-state index in [1.54, 1.807) is 11.0 Å². The van der Waals surface area contributed by atoms with E-state index in [0.717, 1.165) is 38.8 Å². The molecule has 10 heteroatoms. The van der Waals surface area contributed by atoms with E-state index in [9.17, 15) is 14.4 Å². The number of esters is 2. The smallest absolute Gasteiger partial charge is 0.410 e. The first-order valence-electron chi connectivity index (χ1n) is 12.9. The van der Waals surface area contributed by atoms with Gasteiger partial charge in [0.05, 0.1) is 37.6 Å². The van der Waals surface area contributed by atoms with Crippen molar-refractivity contribution in [3.8, 4) is 5.75 Å². The zero-order valence-electron chi connectivity index (χ0n) is 22.4. The molecule has 1 spiro atoms. The van der Waals surface area contributed by atoms with Gasteiger partial charge in [0, 0.05) is 45.1 Å². The number of piperidine rings is 1. The SMILES string of the molecule is COC(=O)c1ccc(O[C@H]2C[C@H](N3CCOC4(CCN(C(=O)OC(C)(C)C)CC4)C3)C2)cc1C(=O)OC. The Morgan fingerprint density at radius 1 is 0.973 bits per heavy atom. The second kappa shape index (κ2) is 10.9. The number of rotatable bonds is 5. The molecule has 2 saturated heterocycles. The van der Waals surface area contributed by atoms with Crippen LogP contribution in [0.5, 0.6) is 5.75 Å². The molecule has 204 valence electrons. The Balaban J connectivity index is 1.29. The van der Waals surface area contributed by atoms with Gasteiger partial charge >= 0.3 is 18.0 Å². The molecule has 4 rings (SSSR count). The molecule has 1 saturated carbocycles. The summed E-state index contributed by atoms with van der Waals surface area (Å²) in [6, 6.07) is 5.13. The van der Waals surface area contributed by atoms with Crippen LogP contribution >= 0.6 is 0 Å². The lowest BCUT2D eigenvalue weighted by Crippen LogP contribution is -2.62. The summed E-state index contributed by atoms with van der Waals surface area (Å²) in [7, 11) is 2.53. The summed E-state index contributed by atoms with van der Waals surface area (Å²) < 4.78 is 27.5. The lowest BCUT2D eigenvalue weighted by Gasteiger charge is -2.51. The average molecular weight is 519 g/mol. The number of morpholine rings is 1. The van der Waals surface area contributed by atoms with Crippen molar-refractivity contribution in [2.24, 2.45) is 0 Å². The van der Waals surface area contributed by atoms with Crippen molar-refractivity contribution in [3.05, 3.63) is 29.3 Å². The number of amides is 1. The van der Waals surface area contributed by atoms with Gasteiger partial charge in [-0.05, 0) is 51.8 Å². The number of hydrogen-bond donors (Lipinski definition) is 0. The Morgan fingerprint density at radius 2 is 1.62 bits per heavy atom. The molecule has 1 aromatic rings. The van der Waals surface area contributed by atoms with Crippen LogP contribution in [-0.4, -0.2) is 98.2 Å². The fourth-order valence-corrected chi connectivity index (χ4v) is 5.20. The predicted octanol–water partition coefficient (Wildman–Crippen LogP) is 3.27. The molecule has 1 aliphatic carbocycles. The number of benzene rings is 1. The summed E-state index contributed by atoms with van der Waals surface area (Å²) in [6.45, 7) is 9.27. The van der Waals surface area contributed by atoms with Gasteiger partial charge in [0.2, 0.25) is 0 Å². The first-order valence-corrected chi connectivity index (χ1v) is 12.9. The van der Waals surface area contributed by atoms with E-state index in [1.165, 1.54) is 26.4 Å². The third-order valence-electron chi connectivity index (χ3n) is 7.30.